The molecule has 2 heterocycles. The summed E-state index contributed by atoms with van der Waals surface area (Å²) in [6.45, 7) is 6.53. The lowest BCUT2D eigenvalue weighted by atomic mass is 9.82. The largest absolute Gasteiger partial charge is 0.336 e. The number of hydrogen-bond donors (Lipinski definition) is 1. The summed E-state index contributed by atoms with van der Waals surface area (Å²) in [6, 6.07) is 4.72. The third-order valence-electron chi connectivity index (χ3n) is 5.94. The fraction of sp³-hybridized carbons (Fsp3) is 0.476. The third kappa shape index (κ3) is 2.95. The molecule has 0 bridgehead atoms. The van der Waals surface area contributed by atoms with Crippen LogP contribution in [0.2, 0.25) is 0 Å². The Hall–Kier alpha value is -1.92. The molecule has 4 rings (SSSR count). The molecule has 1 aliphatic heterocycles. The monoisotopic (exact) mass is 384 g/mol. The Labute approximate surface area is 165 Å². The van der Waals surface area contributed by atoms with Gasteiger partial charge in [0.05, 0.1) is 5.52 Å². The molecular weight excluding hydrogens is 356 g/mol. The molecular formula is C21H28N4OS. The van der Waals surface area contributed by atoms with Crippen molar-refractivity contribution in [3.05, 3.63) is 35.5 Å². The van der Waals surface area contributed by atoms with Gasteiger partial charge in [0, 0.05) is 47.7 Å². The van der Waals surface area contributed by atoms with Crippen LogP contribution in [-0.2, 0) is 6.42 Å². The predicted octanol–water partition coefficient (Wildman–Crippen LogP) is 4.01. The van der Waals surface area contributed by atoms with Crippen molar-refractivity contribution >= 4 is 34.3 Å². The quantitative estimate of drug-likeness (QED) is 0.810. The average molecular weight is 385 g/mol. The van der Waals surface area contributed by atoms with Crippen LogP contribution in [0.1, 0.15) is 31.4 Å². The van der Waals surface area contributed by atoms with Gasteiger partial charge < -0.3 is 4.90 Å². The van der Waals surface area contributed by atoms with Crippen LogP contribution in [-0.4, -0.2) is 59.5 Å². The maximum absolute atomic E-state index is 12.6. The number of benzene rings is 1. The highest BCUT2D eigenvalue weighted by Crippen LogP contribution is 2.44. The number of fused-ring (bicyclic) bond motifs is 2. The summed E-state index contributed by atoms with van der Waals surface area (Å²) < 4.78 is 1.93. The molecule has 1 aromatic carbocycles. The number of carbonyl (C=O) groups is 1. The van der Waals surface area contributed by atoms with E-state index in [1.807, 2.05) is 18.5 Å². The fourth-order valence-corrected chi connectivity index (χ4v) is 5.10. The minimum atomic E-state index is -0.0491. The third-order valence-corrected chi connectivity index (χ3v) is 6.72. The number of aromatic nitrogens is 1. The first-order chi connectivity index (χ1) is 13.1. The Kier molecular flexibility index (Phi) is 4.95. The first-order valence-corrected chi connectivity index (χ1v) is 11.0. The fourth-order valence-electron chi connectivity index (χ4n) is 4.47. The van der Waals surface area contributed by atoms with Crippen LogP contribution in [0, 0.1) is 0 Å². The first-order valence-electron chi connectivity index (χ1n) is 9.76. The number of nitrogens with zero attached hydrogens (tertiary/aromatic N) is 3. The van der Waals surface area contributed by atoms with E-state index in [2.05, 4.69) is 48.0 Å². The van der Waals surface area contributed by atoms with E-state index in [1.165, 1.54) is 27.0 Å². The number of hydrogen-bond acceptors (Lipinski definition) is 3. The molecule has 144 valence electrons. The van der Waals surface area contributed by atoms with Gasteiger partial charge in [-0.2, -0.15) is 0 Å². The molecule has 0 radical (unpaired) electrons. The van der Waals surface area contributed by atoms with Crippen molar-refractivity contribution in [3.63, 3.8) is 0 Å². The molecule has 0 unspecified atom stereocenters. The molecule has 1 N–H and O–H groups in total. The highest BCUT2D eigenvalue weighted by Gasteiger charge is 2.33. The van der Waals surface area contributed by atoms with Crippen molar-refractivity contribution in [3.8, 4) is 0 Å². The summed E-state index contributed by atoms with van der Waals surface area (Å²) >= 11 is 1.81. The zero-order valence-corrected chi connectivity index (χ0v) is 17.4. The van der Waals surface area contributed by atoms with E-state index in [9.17, 15) is 4.79 Å². The summed E-state index contributed by atoms with van der Waals surface area (Å²) in [5.74, 6) is 0. The molecule has 2 amide bonds. The van der Waals surface area contributed by atoms with Crippen molar-refractivity contribution in [2.24, 2.45) is 0 Å². The van der Waals surface area contributed by atoms with E-state index in [1.54, 1.807) is 16.7 Å². The van der Waals surface area contributed by atoms with Crippen LogP contribution in [0.4, 0.5) is 4.79 Å². The van der Waals surface area contributed by atoms with Crippen LogP contribution in [0.15, 0.2) is 29.3 Å². The van der Waals surface area contributed by atoms with Gasteiger partial charge in [0.15, 0.2) is 0 Å². The molecule has 1 aromatic heterocycles. The molecule has 0 fully saturated rings. The summed E-state index contributed by atoms with van der Waals surface area (Å²) in [4.78, 5) is 18.2. The average Bonchev–Trinajstić information content (AvgIpc) is 3.02. The van der Waals surface area contributed by atoms with Gasteiger partial charge in [-0.25, -0.2) is 10.2 Å². The molecule has 0 saturated heterocycles. The topological polar surface area (TPSA) is 40.5 Å². The minimum Gasteiger partial charge on any atom is -0.324 e. The smallest absolute Gasteiger partial charge is 0.324 e. The lowest BCUT2D eigenvalue weighted by molar-refractivity contribution is 0.214. The van der Waals surface area contributed by atoms with Crippen LogP contribution >= 0.6 is 11.8 Å². The van der Waals surface area contributed by atoms with Gasteiger partial charge in [0.25, 0.3) is 0 Å². The Morgan fingerprint density at radius 3 is 2.81 bits per heavy atom. The normalized spacial score (nSPS) is 19.0. The second-order valence-electron chi connectivity index (χ2n) is 7.30. The Morgan fingerprint density at radius 2 is 2.11 bits per heavy atom. The maximum Gasteiger partial charge on any atom is 0.336 e. The van der Waals surface area contributed by atoms with Crippen LogP contribution in [0.3, 0.4) is 0 Å². The maximum atomic E-state index is 12.6. The van der Waals surface area contributed by atoms with E-state index in [-0.39, 0.29) is 6.03 Å². The van der Waals surface area contributed by atoms with Crippen LogP contribution < -0.4 is 5.43 Å². The number of amides is 2. The molecule has 27 heavy (non-hydrogen) atoms. The van der Waals surface area contributed by atoms with Crippen LogP contribution in [0.25, 0.3) is 16.5 Å². The second kappa shape index (κ2) is 7.24. The highest BCUT2D eigenvalue weighted by atomic mass is 32.2. The molecule has 2 aromatic rings. The molecule has 1 atom stereocenters. The lowest BCUT2D eigenvalue weighted by Crippen LogP contribution is -2.39. The molecule has 0 saturated carbocycles. The predicted molar refractivity (Wildman–Crippen MR) is 114 cm³/mol. The van der Waals surface area contributed by atoms with Gasteiger partial charge in [-0.1, -0.05) is 6.08 Å². The van der Waals surface area contributed by atoms with Gasteiger partial charge in [-0.15, -0.1) is 11.8 Å². The zero-order valence-electron chi connectivity index (χ0n) is 16.6. The molecule has 2 aliphatic rings. The SMILES string of the molecule is CCN(CC)C(=O)Nn1cc2c3c(c(SC)ccc31)C1=CCCN(C)[C@@H]1C2. The Morgan fingerprint density at radius 1 is 1.33 bits per heavy atom. The van der Waals surface area contributed by atoms with Gasteiger partial charge in [-0.3, -0.25) is 9.58 Å². The lowest BCUT2D eigenvalue weighted by Gasteiger charge is -2.37. The van der Waals surface area contributed by atoms with E-state index in [0.717, 1.165) is 24.9 Å². The van der Waals surface area contributed by atoms with Crippen molar-refractivity contribution in [1.82, 2.24) is 14.5 Å². The van der Waals surface area contributed by atoms with Crippen molar-refractivity contribution in [2.75, 3.05) is 38.4 Å². The van der Waals surface area contributed by atoms with Gasteiger partial charge in [0.2, 0.25) is 0 Å². The highest BCUT2D eigenvalue weighted by molar-refractivity contribution is 7.98. The van der Waals surface area contributed by atoms with E-state index >= 15 is 0 Å². The van der Waals surface area contributed by atoms with E-state index in [0.29, 0.717) is 19.1 Å². The van der Waals surface area contributed by atoms with E-state index in [4.69, 9.17) is 0 Å². The molecule has 0 spiro atoms. The standard InChI is InChI=1S/C21H28N4OS/c1-5-24(6-2)21(26)22-25-13-14-12-17-15(8-7-11-23(17)3)20-18(27-4)10-9-16(25)19(14)20/h8-10,13,17H,5-7,11-12H2,1-4H3,(H,22,26)/t17-/m1/s1. The number of nitrogens with one attached hydrogen (secondary N) is 1. The summed E-state index contributed by atoms with van der Waals surface area (Å²) in [5.41, 5.74) is 8.33. The van der Waals surface area contributed by atoms with Gasteiger partial charge in [0.1, 0.15) is 0 Å². The molecule has 5 nitrogen and oxygen atoms in total. The first kappa shape index (κ1) is 18.4. The summed E-state index contributed by atoms with van der Waals surface area (Å²) in [6.07, 6.45) is 8.79. The number of rotatable bonds is 4. The van der Waals surface area contributed by atoms with Crippen molar-refractivity contribution in [2.45, 2.75) is 37.6 Å². The molecule has 1 aliphatic carbocycles. The summed E-state index contributed by atoms with van der Waals surface area (Å²) in [7, 11) is 2.22. The Balaban J connectivity index is 1.84. The van der Waals surface area contributed by atoms with Crippen molar-refractivity contribution in [1.29, 1.82) is 0 Å². The molecule has 6 heteroatoms. The number of thioether (sulfide) groups is 1. The number of urea groups is 1. The van der Waals surface area contributed by atoms with Crippen molar-refractivity contribution < 1.29 is 4.79 Å². The number of carbonyl (C=O) groups excluding carboxylic acids is 1. The van der Waals surface area contributed by atoms with Gasteiger partial charge >= 0.3 is 6.03 Å². The number of likely N-dealkylation sites (N-methyl/N-ethyl adjacent to an activating group) is 1. The minimum absolute atomic E-state index is 0.0491. The van der Waals surface area contributed by atoms with E-state index < -0.39 is 0 Å². The Bertz CT molecular complexity index is 913. The van der Waals surface area contributed by atoms with Crippen LogP contribution in [0.5, 0.6) is 0 Å². The van der Waals surface area contributed by atoms with Gasteiger partial charge in [-0.05, 0) is 63.3 Å². The second-order valence-corrected chi connectivity index (χ2v) is 8.15. The summed E-state index contributed by atoms with van der Waals surface area (Å²) in [5, 5.41) is 1.31. The zero-order chi connectivity index (χ0) is 19.1.